The van der Waals surface area contributed by atoms with Gasteiger partial charge in [-0.25, -0.2) is 14.1 Å². The maximum Gasteiger partial charge on any atom is 0.265 e. The molecule has 2 heterocycles. The van der Waals surface area contributed by atoms with Gasteiger partial charge in [-0.2, -0.15) is 5.10 Å². The molecule has 0 fully saturated rings. The first-order valence-electron chi connectivity index (χ1n) is 9.78. The van der Waals surface area contributed by atoms with Crippen LogP contribution >= 0.6 is 15.9 Å². The van der Waals surface area contributed by atoms with E-state index in [4.69, 9.17) is 0 Å². The Kier molecular flexibility index (Phi) is 5.07. The zero-order chi connectivity index (χ0) is 21.4. The highest BCUT2D eigenvalue weighted by molar-refractivity contribution is 9.10. The van der Waals surface area contributed by atoms with Crippen molar-refractivity contribution in [2.24, 2.45) is 5.10 Å². The van der Waals surface area contributed by atoms with Gasteiger partial charge in [0, 0.05) is 10.9 Å². The highest BCUT2D eigenvalue weighted by Crippen LogP contribution is 2.33. The third kappa shape index (κ3) is 3.86. The van der Waals surface area contributed by atoms with E-state index in [2.05, 4.69) is 31.3 Å². The molecule has 154 valence electrons. The summed E-state index contributed by atoms with van der Waals surface area (Å²) in [4.78, 5) is 13.3. The van der Waals surface area contributed by atoms with Crippen molar-refractivity contribution in [3.63, 3.8) is 0 Å². The first-order valence-corrected chi connectivity index (χ1v) is 10.6. The van der Waals surface area contributed by atoms with E-state index in [1.165, 1.54) is 17.1 Å². The van der Waals surface area contributed by atoms with Gasteiger partial charge in [0.1, 0.15) is 17.9 Å². The summed E-state index contributed by atoms with van der Waals surface area (Å²) in [6.07, 6.45) is 0.539. The fourth-order valence-electron chi connectivity index (χ4n) is 3.74. The van der Waals surface area contributed by atoms with E-state index < -0.39 is 0 Å². The maximum absolute atomic E-state index is 13.5. The Hall–Kier alpha value is -3.39. The number of hydrazone groups is 1. The molecule has 6 nitrogen and oxygen atoms in total. The average molecular weight is 478 g/mol. The molecule has 0 bridgehead atoms. The van der Waals surface area contributed by atoms with E-state index in [0.717, 1.165) is 32.3 Å². The number of hydrogen-bond donors (Lipinski definition) is 0. The molecule has 0 spiro atoms. The number of carbonyl (C=O) groups is 1. The van der Waals surface area contributed by atoms with E-state index in [1.54, 1.807) is 16.8 Å². The maximum atomic E-state index is 13.5. The fourth-order valence-corrected chi connectivity index (χ4v) is 4.00. The number of halogens is 2. The van der Waals surface area contributed by atoms with Crippen LogP contribution < -0.4 is 0 Å². The van der Waals surface area contributed by atoms with Crippen molar-refractivity contribution in [2.75, 3.05) is 0 Å². The van der Waals surface area contributed by atoms with Gasteiger partial charge in [-0.05, 0) is 47.5 Å². The van der Waals surface area contributed by atoms with Crippen LogP contribution in [-0.2, 0) is 11.3 Å². The number of amides is 1. The number of hydrogen-bond acceptors (Lipinski definition) is 4. The highest BCUT2D eigenvalue weighted by atomic mass is 79.9. The summed E-state index contributed by atoms with van der Waals surface area (Å²) in [5.41, 5.74) is 4.08. The predicted molar refractivity (Wildman–Crippen MR) is 119 cm³/mol. The number of aromatic nitrogens is 3. The lowest BCUT2D eigenvalue weighted by Gasteiger charge is -2.22. The number of nitrogens with zero attached hydrogens (tertiary/aromatic N) is 5. The molecule has 0 saturated carbocycles. The molecule has 31 heavy (non-hydrogen) atoms. The molecular formula is C23H17BrFN5O. The van der Waals surface area contributed by atoms with E-state index in [9.17, 15) is 9.18 Å². The minimum absolute atomic E-state index is 0.00925. The number of rotatable bonds is 4. The van der Waals surface area contributed by atoms with E-state index in [-0.39, 0.29) is 24.3 Å². The summed E-state index contributed by atoms with van der Waals surface area (Å²) in [6, 6.07) is 21.2. The van der Waals surface area contributed by atoms with Crippen LogP contribution in [0.25, 0.3) is 11.0 Å². The van der Waals surface area contributed by atoms with Gasteiger partial charge in [0.25, 0.3) is 5.91 Å². The van der Waals surface area contributed by atoms with Crippen LogP contribution in [0.5, 0.6) is 0 Å². The summed E-state index contributed by atoms with van der Waals surface area (Å²) in [5.74, 6) is -0.528. The third-order valence-corrected chi connectivity index (χ3v) is 5.83. The molecule has 1 aromatic heterocycles. The highest BCUT2D eigenvalue weighted by Gasteiger charge is 2.33. The third-order valence-electron chi connectivity index (χ3n) is 5.30. The molecule has 0 saturated heterocycles. The summed E-state index contributed by atoms with van der Waals surface area (Å²) in [5, 5.41) is 14.4. The van der Waals surface area contributed by atoms with Crippen molar-refractivity contribution in [2.45, 2.75) is 19.0 Å². The lowest BCUT2D eigenvalue weighted by atomic mass is 9.98. The van der Waals surface area contributed by atoms with Crippen molar-refractivity contribution < 1.29 is 9.18 Å². The van der Waals surface area contributed by atoms with Crippen LogP contribution in [0.15, 0.2) is 82.4 Å². The van der Waals surface area contributed by atoms with Crippen LogP contribution in [-0.4, -0.2) is 31.6 Å². The van der Waals surface area contributed by atoms with Crippen molar-refractivity contribution in [1.82, 2.24) is 20.0 Å². The fraction of sp³-hybridized carbons (Fsp3) is 0.130. The largest absolute Gasteiger partial charge is 0.271 e. The van der Waals surface area contributed by atoms with Gasteiger partial charge >= 0.3 is 0 Å². The summed E-state index contributed by atoms with van der Waals surface area (Å²) < 4.78 is 16.0. The lowest BCUT2D eigenvalue weighted by molar-refractivity contribution is -0.133. The van der Waals surface area contributed by atoms with Gasteiger partial charge < -0.3 is 0 Å². The van der Waals surface area contributed by atoms with Crippen molar-refractivity contribution in [3.05, 3.63) is 94.2 Å². The number of carbonyl (C=O) groups excluding carboxylic acids is 1. The van der Waals surface area contributed by atoms with Crippen molar-refractivity contribution >= 4 is 38.6 Å². The Bertz CT molecular complexity index is 1280. The topological polar surface area (TPSA) is 63.4 Å². The minimum Gasteiger partial charge on any atom is -0.271 e. The zero-order valence-electron chi connectivity index (χ0n) is 16.3. The van der Waals surface area contributed by atoms with Gasteiger partial charge in [-0.15, -0.1) is 5.10 Å². The summed E-state index contributed by atoms with van der Waals surface area (Å²) in [7, 11) is 0. The van der Waals surface area contributed by atoms with Gasteiger partial charge in [0.05, 0.1) is 17.3 Å². The van der Waals surface area contributed by atoms with Gasteiger partial charge in [0.2, 0.25) is 0 Å². The van der Waals surface area contributed by atoms with Crippen molar-refractivity contribution in [3.8, 4) is 0 Å². The molecular weight excluding hydrogens is 461 g/mol. The second-order valence-corrected chi connectivity index (χ2v) is 8.21. The molecule has 1 aliphatic heterocycles. The van der Waals surface area contributed by atoms with Crippen LogP contribution in [0.3, 0.4) is 0 Å². The van der Waals surface area contributed by atoms with Gasteiger partial charge in [-0.3, -0.25) is 4.79 Å². The number of para-hydroxylation sites is 1. The van der Waals surface area contributed by atoms with Crippen LogP contribution in [0.2, 0.25) is 0 Å². The summed E-state index contributed by atoms with van der Waals surface area (Å²) in [6.45, 7) is 0.00925. The molecule has 5 rings (SSSR count). The average Bonchev–Trinajstić information content (AvgIpc) is 3.40. The second-order valence-electron chi connectivity index (χ2n) is 7.30. The second kappa shape index (κ2) is 8.03. The summed E-state index contributed by atoms with van der Waals surface area (Å²) >= 11 is 3.44. The van der Waals surface area contributed by atoms with E-state index >= 15 is 0 Å². The zero-order valence-corrected chi connectivity index (χ0v) is 17.9. The first-order chi connectivity index (χ1) is 15.1. The molecule has 1 atom stereocenters. The molecule has 1 amide bonds. The van der Waals surface area contributed by atoms with E-state index in [0.29, 0.717) is 6.42 Å². The Morgan fingerprint density at radius 3 is 2.55 bits per heavy atom. The molecule has 8 heteroatoms. The smallest absolute Gasteiger partial charge is 0.265 e. The van der Waals surface area contributed by atoms with E-state index in [1.807, 2.05) is 48.5 Å². The molecule has 4 aromatic rings. The Morgan fingerprint density at radius 1 is 1.03 bits per heavy atom. The molecule has 0 aliphatic carbocycles. The van der Waals surface area contributed by atoms with Crippen LogP contribution in [0, 0.1) is 5.82 Å². The Balaban J connectivity index is 1.48. The molecule has 1 aliphatic rings. The van der Waals surface area contributed by atoms with Gasteiger partial charge in [0.15, 0.2) is 0 Å². The lowest BCUT2D eigenvalue weighted by Crippen LogP contribution is -2.30. The standard InChI is InChI=1S/C23H17BrFN5O/c24-17-9-5-15(6-10-17)20-13-22(16-7-11-18(25)12-8-16)30(27-20)23(31)14-29-21-4-2-1-3-19(21)26-28-29/h1-12,22H,13-14H2. The first kappa shape index (κ1) is 19.6. The quantitative estimate of drug-likeness (QED) is 0.427. The number of benzene rings is 3. The monoisotopic (exact) mass is 477 g/mol. The molecule has 0 N–H and O–H groups in total. The van der Waals surface area contributed by atoms with Crippen molar-refractivity contribution in [1.29, 1.82) is 0 Å². The molecule has 3 aromatic carbocycles. The Morgan fingerprint density at radius 2 is 1.77 bits per heavy atom. The molecule has 1 unspecified atom stereocenters. The SMILES string of the molecule is O=C(Cn1nnc2ccccc21)N1N=C(c2ccc(Br)cc2)CC1c1ccc(F)cc1. The van der Waals surface area contributed by atoms with Crippen LogP contribution in [0.4, 0.5) is 4.39 Å². The van der Waals surface area contributed by atoms with Gasteiger partial charge in [-0.1, -0.05) is 57.5 Å². The predicted octanol–water partition coefficient (Wildman–Crippen LogP) is 4.71. The normalized spacial score (nSPS) is 16.0. The molecule has 0 radical (unpaired) electrons. The number of fused-ring (bicyclic) bond motifs is 1. The van der Waals surface area contributed by atoms with Crippen LogP contribution in [0.1, 0.15) is 23.6 Å². The Labute approximate surface area is 186 Å². The minimum atomic E-state index is -0.318.